The summed E-state index contributed by atoms with van der Waals surface area (Å²) in [4.78, 5) is 15.3. The number of rotatable bonds is 7. The predicted octanol–water partition coefficient (Wildman–Crippen LogP) is 15.1. The lowest BCUT2D eigenvalue weighted by Gasteiger charge is -2.14. The first kappa shape index (κ1) is 34.7. The van der Waals surface area contributed by atoms with Crippen molar-refractivity contribution in [1.29, 1.82) is 0 Å². The number of hydrogen-bond acceptors (Lipinski definition) is 4. The van der Waals surface area contributed by atoms with Crippen molar-refractivity contribution >= 4 is 42.3 Å². The van der Waals surface area contributed by atoms with Crippen LogP contribution in [0.25, 0.3) is 110 Å². The molecule has 0 spiro atoms. The van der Waals surface area contributed by atoms with Gasteiger partial charge in [0, 0.05) is 42.4 Å². The Labute approximate surface area is 346 Å². The van der Waals surface area contributed by atoms with Crippen molar-refractivity contribution in [3.63, 3.8) is 0 Å². The third-order valence-electron chi connectivity index (χ3n) is 11.2. The van der Waals surface area contributed by atoms with E-state index in [9.17, 15) is 0 Å². The zero-order chi connectivity index (χ0) is 39.1. The summed E-state index contributed by atoms with van der Waals surface area (Å²) in [6.45, 7) is 0. The second kappa shape index (κ2) is 14.8. The molecule has 0 fully saturated rings. The molecule has 0 atom stereocenters. The molecule has 0 aliphatic carbocycles. The van der Waals surface area contributed by atoms with Gasteiger partial charge in [0.05, 0.1) is 0 Å². The van der Waals surface area contributed by atoms with Crippen molar-refractivity contribution in [3.8, 4) is 78.7 Å². The minimum Gasteiger partial charge on any atom is -0.208 e. The van der Waals surface area contributed by atoms with Crippen molar-refractivity contribution < 1.29 is 0 Å². The Kier molecular flexibility index (Phi) is 8.68. The first-order chi connectivity index (χ1) is 29.2. The van der Waals surface area contributed by atoms with Crippen LogP contribution >= 0.6 is 11.3 Å². The molecule has 0 amide bonds. The molecule has 2 heterocycles. The van der Waals surface area contributed by atoms with Crippen LogP contribution in [0.4, 0.5) is 0 Å². The number of thiophene rings is 1. The number of benzene rings is 9. The van der Waals surface area contributed by atoms with E-state index in [-0.39, 0.29) is 0 Å². The molecule has 0 aliphatic rings. The van der Waals surface area contributed by atoms with Crippen molar-refractivity contribution in [2.24, 2.45) is 0 Å². The molecule has 3 nitrogen and oxygen atoms in total. The highest BCUT2D eigenvalue weighted by Crippen LogP contribution is 2.44. The molecule has 276 valence electrons. The summed E-state index contributed by atoms with van der Waals surface area (Å²) < 4.78 is 2.65. The number of aromatic nitrogens is 3. The molecule has 9 aromatic carbocycles. The van der Waals surface area contributed by atoms with Crippen LogP contribution in [0.3, 0.4) is 0 Å². The topological polar surface area (TPSA) is 38.7 Å². The van der Waals surface area contributed by atoms with Gasteiger partial charge in [-0.3, -0.25) is 0 Å². The van der Waals surface area contributed by atoms with Gasteiger partial charge in [-0.2, -0.15) is 0 Å². The molecule has 4 heteroatoms. The first-order valence-electron chi connectivity index (χ1n) is 19.9. The number of nitrogens with zero attached hydrogens (tertiary/aromatic N) is 3. The fourth-order valence-corrected chi connectivity index (χ4v) is 9.57. The first-order valence-corrected chi connectivity index (χ1v) is 20.7. The molecule has 0 saturated carbocycles. The van der Waals surface area contributed by atoms with Crippen LogP contribution in [0.15, 0.2) is 212 Å². The van der Waals surface area contributed by atoms with Crippen LogP contribution in [0, 0.1) is 0 Å². The standard InChI is InChI=1S/C55H35N3S/c1-3-16-36(17-4-1)42-24-7-10-28-50(42)55-57-53(37-18-5-2-6-19-37)56-54(58-55)41-23-14-21-39(35-41)38-20-13-22-40(34-38)43-32-33-46(45-26-9-8-25-44(43)45)48-29-15-30-49-47-27-11-12-31-51(47)59-52(48)49/h1-35H. The van der Waals surface area contributed by atoms with E-state index in [0.717, 1.165) is 38.9 Å². The minimum absolute atomic E-state index is 0.630. The van der Waals surface area contributed by atoms with E-state index in [1.165, 1.54) is 53.2 Å². The summed E-state index contributed by atoms with van der Waals surface area (Å²) in [7, 11) is 0. The van der Waals surface area contributed by atoms with Gasteiger partial charge in [-0.15, -0.1) is 11.3 Å². The minimum atomic E-state index is 0.630. The Morgan fingerprint density at radius 2 is 0.729 bits per heavy atom. The van der Waals surface area contributed by atoms with Gasteiger partial charge < -0.3 is 0 Å². The number of fused-ring (bicyclic) bond motifs is 4. The summed E-state index contributed by atoms with van der Waals surface area (Å²) in [6.07, 6.45) is 0. The zero-order valence-electron chi connectivity index (χ0n) is 32.0. The molecule has 0 saturated heterocycles. The Morgan fingerprint density at radius 1 is 0.254 bits per heavy atom. The molecule has 59 heavy (non-hydrogen) atoms. The maximum Gasteiger partial charge on any atom is 0.164 e. The van der Waals surface area contributed by atoms with Crippen LogP contribution in [-0.4, -0.2) is 15.0 Å². The Bertz CT molecular complexity index is 3330. The monoisotopic (exact) mass is 769 g/mol. The van der Waals surface area contributed by atoms with Gasteiger partial charge in [0.1, 0.15) is 0 Å². The van der Waals surface area contributed by atoms with Gasteiger partial charge in [0.2, 0.25) is 0 Å². The molecule has 11 rings (SSSR count). The average Bonchev–Trinajstić information content (AvgIpc) is 3.71. The van der Waals surface area contributed by atoms with E-state index < -0.39 is 0 Å². The van der Waals surface area contributed by atoms with Crippen molar-refractivity contribution in [1.82, 2.24) is 15.0 Å². The fourth-order valence-electron chi connectivity index (χ4n) is 8.34. The highest BCUT2D eigenvalue weighted by Gasteiger charge is 2.18. The summed E-state index contributed by atoms with van der Waals surface area (Å²) in [5.41, 5.74) is 12.1. The largest absolute Gasteiger partial charge is 0.208 e. The zero-order valence-corrected chi connectivity index (χ0v) is 32.8. The van der Waals surface area contributed by atoms with E-state index in [0.29, 0.717) is 17.5 Å². The third-order valence-corrected chi connectivity index (χ3v) is 12.4. The summed E-state index contributed by atoms with van der Waals surface area (Å²) in [5, 5.41) is 5.11. The molecule has 0 N–H and O–H groups in total. The van der Waals surface area contributed by atoms with E-state index in [2.05, 4.69) is 182 Å². The van der Waals surface area contributed by atoms with E-state index in [4.69, 9.17) is 15.0 Å². The summed E-state index contributed by atoms with van der Waals surface area (Å²) in [6, 6.07) is 75.2. The Hall–Kier alpha value is -7.53. The summed E-state index contributed by atoms with van der Waals surface area (Å²) >= 11 is 1.88. The second-order valence-corrected chi connectivity index (χ2v) is 15.8. The molecule has 0 unspecified atom stereocenters. The average molecular weight is 770 g/mol. The van der Waals surface area contributed by atoms with Gasteiger partial charge in [-0.05, 0) is 67.9 Å². The maximum atomic E-state index is 5.16. The van der Waals surface area contributed by atoms with Gasteiger partial charge in [0.15, 0.2) is 17.5 Å². The molecule has 0 bridgehead atoms. The smallest absolute Gasteiger partial charge is 0.164 e. The number of hydrogen-bond donors (Lipinski definition) is 0. The van der Waals surface area contributed by atoms with Crippen molar-refractivity contribution in [3.05, 3.63) is 212 Å². The molecule has 0 radical (unpaired) electrons. The molecular formula is C55H35N3S. The van der Waals surface area contributed by atoms with E-state index in [1.54, 1.807) is 0 Å². The second-order valence-electron chi connectivity index (χ2n) is 14.7. The van der Waals surface area contributed by atoms with Crippen molar-refractivity contribution in [2.75, 3.05) is 0 Å². The highest BCUT2D eigenvalue weighted by molar-refractivity contribution is 7.26. The molecular weight excluding hydrogens is 735 g/mol. The van der Waals surface area contributed by atoms with Gasteiger partial charge in [-0.1, -0.05) is 194 Å². The van der Waals surface area contributed by atoms with Crippen LogP contribution in [0.5, 0.6) is 0 Å². The molecule has 0 aliphatic heterocycles. The lowest BCUT2D eigenvalue weighted by Crippen LogP contribution is -2.01. The Morgan fingerprint density at radius 3 is 1.49 bits per heavy atom. The van der Waals surface area contributed by atoms with Crippen molar-refractivity contribution in [2.45, 2.75) is 0 Å². The van der Waals surface area contributed by atoms with Gasteiger partial charge >= 0.3 is 0 Å². The quantitative estimate of drug-likeness (QED) is 0.162. The molecule has 11 aromatic rings. The summed E-state index contributed by atoms with van der Waals surface area (Å²) in [5.74, 6) is 1.91. The fraction of sp³-hybridized carbons (Fsp3) is 0. The van der Waals surface area contributed by atoms with Crippen LogP contribution in [0.2, 0.25) is 0 Å². The van der Waals surface area contributed by atoms with Crippen LogP contribution < -0.4 is 0 Å². The lowest BCUT2D eigenvalue weighted by atomic mass is 9.90. The predicted molar refractivity (Wildman–Crippen MR) is 248 cm³/mol. The Balaban J connectivity index is 1.00. The molecule has 2 aromatic heterocycles. The van der Waals surface area contributed by atoms with Gasteiger partial charge in [0.25, 0.3) is 0 Å². The third kappa shape index (κ3) is 6.37. The highest BCUT2D eigenvalue weighted by atomic mass is 32.1. The van der Waals surface area contributed by atoms with E-state index >= 15 is 0 Å². The van der Waals surface area contributed by atoms with Crippen LogP contribution in [-0.2, 0) is 0 Å². The normalized spacial score (nSPS) is 11.4. The van der Waals surface area contributed by atoms with Gasteiger partial charge in [-0.25, -0.2) is 15.0 Å². The lowest BCUT2D eigenvalue weighted by molar-refractivity contribution is 1.07. The van der Waals surface area contributed by atoms with E-state index in [1.807, 2.05) is 41.7 Å². The SMILES string of the molecule is c1ccc(-c2nc(-c3cccc(-c4cccc(-c5ccc(-c6cccc7c6sc6ccccc67)c6ccccc56)c4)c3)nc(-c3ccccc3-c3ccccc3)n2)cc1. The van der Waals surface area contributed by atoms with Crippen LogP contribution in [0.1, 0.15) is 0 Å². The maximum absolute atomic E-state index is 5.16.